The van der Waals surface area contributed by atoms with Crippen molar-refractivity contribution in [1.29, 1.82) is 0 Å². The summed E-state index contributed by atoms with van der Waals surface area (Å²) in [4.78, 5) is 17.2. The molecule has 0 spiro atoms. The molecule has 0 aromatic carbocycles. The monoisotopic (exact) mass is 308 g/mol. The molecule has 0 bridgehead atoms. The molecule has 0 N–H and O–H groups in total. The first-order valence-electron chi connectivity index (χ1n) is 7.98. The summed E-state index contributed by atoms with van der Waals surface area (Å²) in [5.74, 6) is 0.225. The average molecular weight is 308 g/mol. The van der Waals surface area contributed by atoms with E-state index in [1.54, 1.807) is 11.3 Å². The minimum atomic E-state index is 0.225. The van der Waals surface area contributed by atoms with Crippen molar-refractivity contribution in [2.75, 3.05) is 39.4 Å². The number of carbonyl (C=O) groups is 1. The maximum Gasteiger partial charge on any atom is 0.254 e. The van der Waals surface area contributed by atoms with Crippen molar-refractivity contribution in [2.24, 2.45) is 0 Å². The number of morpholine rings is 1. The Labute approximate surface area is 130 Å². The summed E-state index contributed by atoms with van der Waals surface area (Å²) in [7, 11) is 0. The standard InChI is InChI=1S/C16H24N2O2S/c19-16(14-5-12-21-13-14)18-6-2-1-3-15(18)4-7-17-8-10-20-11-9-17/h5,12-13,15H,1-4,6-11H2/t15-/m1/s1. The predicted octanol–water partition coefficient (Wildman–Crippen LogP) is 2.47. The molecule has 0 aliphatic carbocycles. The molecule has 1 amide bonds. The third-order valence-electron chi connectivity index (χ3n) is 4.54. The number of hydrogen-bond acceptors (Lipinski definition) is 4. The number of hydrogen-bond donors (Lipinski definition) is 0. The molecule has 116 valence electrons. The lowest BCUT2D eigenvalue weighted by Gasteiger charge is -2.37. The summed E-state index contributed by atoms with van der Waals surface area (Å²) in [5, 5.41) is 3.95. The lowest BCUT2D eigenvalue weighted by Crippen LogP contribution is -2.46. The maximum absolute atomic E-state index is 12.6. The summed E-state index contributed by atoms with van der Waals surface area (Å²) in [6.45, 7) is 5.77. The Morgan fingerprint density at radius 3 is 2.90 bits per heavy atom. The highest BCUT2D eigenvalue weighted by atomic mass is 32.1. The molecule has 1 aromatic rings. The van der Waals surface area contributed by atoms with Crippen molar-refractivity contribution < 1.29 is 9.53 Å². The predicted molar refractivity (Wildman–Crippen MR) is 84.9 cm³/mol. The van der Waals surface area contributed by atoms with Crippen LogP contribution in [0.15, 0.2) is 16.8 Å². The Hall–Kier alpha value is -0.910. The fraction of sp³-hybridized carbons (Fsp3) is 0.688. The van der Waals surface area contributed by atoms with E-state index in [1.165, 1.54) is 6.42 Å². The Kier molecular flexibility index (Phi) is 5.27. The van der Waals surface area contributed by atoms with Crippen LogP contribution in [-0.4, -0.2) is 61.1 Å². The van der Waals surface area contributed by atoms with Crippen molar-refractivity contribution in [1.82, 2.24) is 9.80 Å². The fourth-order valence-corrected chi connectivity index (χ4v) is 3.91. The largest absolute Gasteiger partial charge is 0.379 e. The Morgan fingerprint density at radius 1 is 1.29 bits per heavy atom. The number of carbonyl (C=O) groups excluding carboxylic acids is 1. The molecule has 0 radical (unpaired) electrons. The number of likely N-dealkylation sites (tertiary alicyclic amines) is 1. The van der Waals surface area contributed by atoms with E-state index >= 15 is 0 Å². The van der Waals surface area contributed by atoms with E-state index in [2.05, 4.69) is 9.80 Å². The van der Waals surface area contributed by atoms with Crippen molar-refractivity contribution in [3.05, 3.63) is 22.4 Å². The van der Waals surface area contributed by atoms with Gasteiger partial charge >= 0.3 is 0 Å². The number of thiophene rings is 1. The summed E-state index contributed by atoms with van der Waals surface area (Å²) in [5.41, 5.74) is 0.860. The fourth-order valence-electron chi connectivity index (χ4n) is 3.28. The molecule has 2 aliphatic rings. The molecule has 4 nitrogen and oxygen atoms in total. The molecule has 1 aromatic heterocycles. The Bertz CT molecular complexity index is 443. The second-order valence-corrected chi connectivity index (χ2v) is 6.68. The zero-order valence-electron chi connectivity index (χ0n) is 12.5. The molecule has 2 aliphatic heterocycles. The molecular formula is C16H24N2O2S. The number of amides is 1. The van der Waals surface area contributed by atoms with Crippen LogP contribution in [0, 0.1) is 0 Å². The Morgan fingerprint density at radius 2 is 2.14 bits per heavy atom. The quantitative estimate of drug-likeness (QED) is 0.856. The van der Waals surface area contributed by atoms with Gasteiger partial charge in [0.25, 0.3) is 5.91 Å². The highest BCUT2D eigenvalue weighted by Gasteiger charge is 2.28. The van der Waals surface area contributed by atoms with Crippen molar-refractivity contribution in [2.45, 2.75) is 31.7 Å². The van der Waals surface area contributed by atoms with Gasteiger partial charge in [0.1, 0.15) is 0 Å². The van der Waals surface area contributed by atoms with Crippen LogP contribution in [0.4, 0.5) is 0 Å². The molecule has 2 fully saturated rings. The van der Waals surface area contributed by atoms with E-state index in [4.69, 9.17) is 4.74 Å². The van der Waals surface area contributed by atoms with E-state index in [1.807, 2.05) is 16.8 Å². The van der Waals surface area contributed by atoms with Gasteiger partial charge in [-0.3, -0.25) is 9.69 Å². The van der Waals surface area contributed by atoms with E-state index in [0.29, 0.717) is 6.04 Å². The smallest absolute Gasteiger partial charge is 0.254 e. The van der Waals surface area contributed by atoms with E-state index in [9.17, 15) is 4.79 Å². The molecule has 3 rings (SSSR count). The molecule has 2 saturated heterocycles. The van der Waals surface area contributed by atoms with Crippen molar-refractivity contribution in [3.63, 3.8) is 0 Å². The molecule has 0 saturated carbocycles. The normalized spacial score (nSPS) is 24.2. The highest BCUT2D eigenvalue weighted by molar-refractivity contribution is 7.08. The van der Waals surface area contributed by atoms with Gasteiger partial charge in [-0.1, -0.05) is 0 Å². The molecule has 5 heteroatoms. The minimum Gasteiger partial charge on any atom is -0.379 e. The van der Waals surface area contributed by atoms with Gasteiger partial charge in [0.15, 0.2) is 0 Å². The van der Waals surface area contributed by atoms with Crippen LogP contribution in [0.5, 0.6) is 0 Å². The molecular weight excluding hydrogens is 284 g/mol. The minimum absolute atomic E-state index is 0.225. The molecule has 21 heavy (non-hydrogen) atoms. The number of rotatable bonds is 4. The van der Waals surface area contributed by atoms with Crippen molar-refractivity contribution >= 4 is 17.2 Å². The second-order valence-electron chi connectivity index (χ2n) is 5.90. The zero-order valence-corrected chi connectivity index (χ0v) is 13.3. The van der Waals surface area contributed by atoms with E-state index < -0.39 is 0 Å². The second kappa shape index (κ2) is 7.38. The molecule has 3 heterocycles. The van der Waals surface area contributed by atoms with Crippen LogP contribution in [0.1, 0.15) is 36.0 Å². The zero-order chi connectivity index (χ0) is 14.5. The number of piperidine rings is 1. The van der Waals surface area contributed by atoms with E-state index in [0.717, 1.165) is 64.2 Å². The van der Waals surface area contributed by atoms with Gasteiger partial charge in [0.05, 0.1) is 18.8 Å². The SMILES string of the molecule is O=C(c1ccsc1)N1CCCC[C@@H]1CCN1CCOCC1. The summed E-state index contributed by atoms with van der Waals surface area (Å²) in [6.07, 6.45) is 4.64. The van der Waals surface area contributed by atoms with Crippen LogP contribution < -0.4 is 0 Å². The van der Waals surface area contributed by atoms with Crippen LogP contribution in [0.2, 0.25) is 0 Å². The van der Waals surface area contributed by atoms with Gasteiger partial charge in [-0.25, -0.2) is 0 Å². The summed E-state index contributed by atoms with van der Waals surface area (Å²) < 4.78 is 5.39. The molecule has 0 unspecified atom stereocenters. The van der Waals surface area contributed by atoms with Gasteiger partial charge in [-0.05, 0) is 37.1 Å². The van der Waals surface area contributed by atoms with Gasteiger partial charge < -0.3 is 9.64 Å². The molecule has 1 atom stereocenters. The van der Waals surface area contributed by atoms with E-state index in [-0.39, 0.29) is 5.91 Å². The van der Waals surface area contributed by atoms with Crippen molar-refractivity contribution in [3.8, 4) is 0 Å². The third kappa shape index (κ3) is 3.84. The average Bonchev–Trinajstić information content (AvgIpc) is 3.08. The topological polar surface area (TPSA) is 32.8 Å². The Balaban J connectivity index is 1.57. The first kappa shape index (κ1) is 15.0. The van der Waals surface area contributed by atoms with Gasteiger partial charge in [-0.15, -0.1) is 0 Å². The lowest BCUT2D eigenvalue weighted by molar-refractivity contribution is 0.0296. The third-order valence-corrected chi connectivity index (χ3v) is 5.22. The first-order valence-corrected chi connectivity index (χ1v) is 8.92. The van der Waals surface area contributed by atoms with Crippen LogP contribution in [0.25, 0.3) is 0 Å². The van der Waals surface area contributed by atoms with Gasteiger partial charge in [0, 0.05) is 37.6 Å². The maximum atomic E-state index is 12.6. The van der Waals surface area contributed by atoms with Crippen LogP contribution in [0.3, 0.4) is 0 Å². The summed E-state index contributed by atoms with van der Waals surface area (Å²) >= 11 is 1.60. The first-order chi connectivity index (χ1) is 10.3. The highest BCUT2D eigenvalue weighted by Crippen LogP contribution is 2.23. The van der Waals surface area contributed by atoms with Crippen LogP contribution in [-0.2, 0) is 4.74 Å². The van der Waals surface area contributed by atoms with Gasteiger partial charge in [0.2, 0.25) is 0 Å². The number of nitrogens with zero attached hydrogens (tertiary/aromatic N) is 2. The summed E-state index contributed by atoms with van der Waals surface area (Å²) in [6, 6.07) is 2.36. The lowest BCUT2D eigenvalue weighted by atomic mass is 9.98. The van der Waals surface area contributed by atoms with Gasteiger partial charge in [-0.2, -0.15) is 11.3 Å². The number of ether oxygens (including phenoxy) is 1. The van der Waals surface area contributed by atoms with Crippen LogP contribution >= 0.6 is 11.3 Å².